The van der Waals surface area contributed by atoms with Gasteiger partial charge in [-0.1, -0.05) is 72.1 Å². The van der Waals surface area contributed by atoms with Crippen molar-refractivity contribution in [2.45, 2.75) is 83.9 Å². The van der Waals surface area contributed by atoms with Crippen LogP contribution < -0.4 is 0 Å². The van der Waals surface area contributed by atoms with Gasteiger partial charge in [0.05, 0.1) is 5.38 Å². The van der Waals surface area contributed by atoms with Crippen LogP contribution in [0.5, 0.6) is 0 Å². The van der Waals surface area contributed by atoms with E-state index in [-0.39, 0.29) is 10.8 Å². The highest BCUT2D eigenvalue weighted by molar-refractivity contribution is 6.21. The van der Waals surface area contributed by atoms with Crippen LogP contribution in [0.2, 0.25) is 0 Å². The van der Waals surface area contributed by atoms with Crippen LogP contribution in [0.15, 0.2) is 18.2 Å². The maximum absolute atomic E-state index is 7.01. The summed E-state index contributed by atoms with van der Waals surface area (Å²) in [5.41, 5.74) is 4.52. The Hall–Kier alpha value is -0.490. The third-order valence-electron chi connectivity index (χ3n) is 5.28. The zero-order valence-electron chi connectivity index (χ0n) is 14.4. The van der Waals surface area contributed by atoms with E-state index in [1.54, 1.807) is 0 Å². The first-order chi connectivity index (χ1) is 9.85. The Morgan fingerprint density at radius 2 is 1.52 bits per heavy atom. The predicted octanol–water partition coefficient (Wildman–Crippen LogP) is 7.18. The van der Waals surface area contributed by atoms with E-state index in [1.165, 1.54) is 48.8 Å². The monoisotopic (exact) mass is 306 g/mol. The molecule has 1 aromatic rings. The number of hydrogen-bond acceptors (Lipinski definition) is 0. The fourth-order valence-electron chi connectivity index (χ4n) is 3.67. The molecule has 2 rings (SSSR count). The second-order valence-electron chi connectivity index (χ2n) is 7.78. The summed E-state index contributed by atoms with van der Waals surface area (Å²) in [5, 5.41) is 0.149. The van der Waals surface area contributed by atoms with E-state index < -0.39 is 0 Å². The lowest BCUT2D eigenvalue weighted by Crippen LogP contribution is -2.26. The minimum Gasteiger partial charge on any atom is -0.117 e. The number of hydrogen-bond donors (Lipinski definition) is 0. The molecule has 118 valence electrons. The Labute approximate surface area is 136 Å². The van der Waals surface area contributed by atoms with Gasteiger partial charge in [-0.05, 0) is 46.8 Å². The van der Waals surface area contributed by atoms with E-state index in [0.717, 1.165) is 0 Å². The summed E-state index contributed by atoms with van der Waals surface area (Å²) in [6, 6.07) is 6.99. The molecule has 0 saturated heterocycles. The van der Waals surface area contributed by atoms with Crippen LogP contribution in [-0.2, 0) is 0 Å². The smallest absolute Gasteiger partial charge is 0.0641 e. The van der Waals surface area contributed by atoms with Crippen molar-refractivity contribution in [3.8, 4) is 0 Å². The molecule has 0 spiro atoms. The standard InChI is InChI=1S/C20H31Cl/c1-14(2)16-9-10-17(18(13-16)15(3)4)19(21)20(5)11-7-6-8-12-20/h9-10,13-15,19H,6-8,11-12H2,1-5H3. The van der Waals surface area contributed by atoms with Gasteiger partial charge >= 0.3 is 0 Å². The quantitative estimate of drug-likeness (QED) is 0.517. The fourth-order valence-corrected chi connectivity index (χ4v) is 4.09. The predicted molar refractivity (Wildman–Crippen MR) is 94.4 cm³/mol. The molecular weight excluding hydrogens is 276 g/mol. The SMILES string of the molecule is CC(C)c1ccc(C(Cl)C2(C)CCCCC2)c(C(C)C)c1. The van der Waals surface area contributed by atoms with Gasteiger partial charge < -0.3 is 0 Å². The Morgan fingerprint density at radius 3 is 2.05 bits per heavy atom. The Morgan fingerprint density at radius 1 is 0.905 bits per heavy atom. The molecule has 1 aromatic carbocycles. The third kappa shape index (κ3) is 3.65. The first-order valence-electron chi connectivity index (χ1n) is 8.63. The van der Waals surface area contributed by atoms with Crippen LogP contribution in [0.1, 0.15) is 101 Å². The van der Waals surface area contributed by atoms with Gasteiger partial charge in [-0.3, -0.25) is 0 Å². The molecule has 0 N–H and O–H groups in total. The highest BCUT2D eigenvalue weighted by Gasteiger charge is 2.36. The maximum Gasteiger partial charge on any atom is 0.0641 e. The summed E-state index contributed by atoms with van der Waals surface area (Å²) >= 11 is 7.01. The summed E-state index contributed by atoms with van der Waals surface area (Å²) in [4.78, 5) is 0. The summed E-state index contributed by atoms with van der Waals surface area (Å²) in [6.07, 6.45) is 6.58. The van der Waals surface area contributed by atoms with Crippen molar-refractivity contribution in [3.63, 3.8) is 0 Å². The van der Waals surface area contributed by atoms with Gasteiger partial charge in [0.2, 0.25) is 0 Å². The van der Waals surface area contributed by atoms with Crippen LogP contribution in [0.4, 0.5) is 0 Å². The molecule has 0 heterocycles. The van der Waals surface area contributed by atoms with Crippen molar-refractivity contribution < 1.29 is 0 Å². The Balaban J connectivity index is 2.37. The second kappa shape index (κ2) is 6.73. The van der Waals surface area contributed by atoms with Gasteiger partial charge in [0.25, 0.3) is 0 Å². The molecule has 1 aliphatic rings. The lowest BCUT2D eigenvalue weighted by Gasteiger charge is -2.39. The average molecular weight is 307 g/mol. The van der Waals surface area contributed by atoms with Crippen molar-refractivity contribution in [1.29, 1.82) is 0 Å². The van der Waals surface area contributed by atoms with Gasteiger partial charge in [-0.25, -0.2) is 0 Å². The van der Waals surface area contributed by atoms with E-state index in [1.807, 2.05) is 0 Å². The van der Waals surface area contributed by atoms with Crippen molar-refractivity contribution in [2.75, 3.05) is 0 Å². The first kappa shape index (κ1) is 16.9. The minimum atomic E-state index is 0.149. The molecule has 1 unspecified atom stereocenters. The number of alkyl halides is 1. The summed E-state index contributed by atoms with van der Waals surface area (Å²) in [7, 11) is 0. The summed E-state index contributed by atoms with van der Waals surface area (Å²) in [5.74, 6) is 1.11. The van der Waals surface area contributed by atoms with Gasteiger partial charge in [-0.2, -0.15) is 0 Å². The van der Waals surface area contributed by atoms with Crippen LogP contribution in [0.25, 0.3) is 0 Å². The van der Waals surface area contributed by atoms with E-state index >= 15 is 0 Å². The van der Waals surface area contributed by atoms with Crippen molar-refractivity contribution >= 4 is 11.6 Å². The van der Waals surface area contributed by atoms with Gasteiger partial charge in [0, 0.05) is 0 Å². The first-order valence-corrected chi connectivity index (χ1v) is 9.06. The molecule has 1 fully saturated rings. The molecule has 1 aliphatic carbocycles. The molecular formula is C20H31Cl. The summed E-state index contributed by atoms with van der Waals surface area (Å²) < 4.78 is 0. The molecule has 0 aromatic heterocycles. The lowest BCUT2D eigenvalue weighted by molar-refractivity contribution is 0.206. The maximum atomic E-state index is 7.01. The Bertz CT molecular complexity index is 467. The molecule has 0 radical (unpaired) electrons. The minimum absolute atomic E-state index is 0.149. The van der Waals surface area contributed by atoms with Crippen LogP contribution >= 0.6 is 11.6 Å². The normalized spacial score (nSPS) is 20.0. The van der Waals surface area contributed by atoms with Crippen LogP contribution in [0.3, 0.4) is 0 Å². The molecule has 1 atom stereocenters. The topological polar surface area (TPSA) is 0 Å². The number of rotatable bonds is 4. The fraction of sp³-hybridized carbons (Fsp3) is 0.700. The van der Waals surface area contributed by atoms with Crippen molar-refractivity contribution in [1.82, 2.24) is 0 Å². The van der Waals surface area contributed by atoms with Crippen LogP contribution in [0, 0.1) is 5.41 Å². The van der Waals surface area contributed by atoms with Crippen molar-refractivity contribution in [3.05, 3.63) is 34.9 Å². The lowest BCUT2D eigenvalue weighted by atomic mass is 9.70. The van der Waals surface area contributed by atoms with E-state index in [9.17, 15) is 0 Å². The molecule has 1 heteroatoms. The number of benzene rings is 1. The third-order valence-corrected chi connectivity index (χ3v) is 6.04. The molecule has 21 heavy (non-hydrogen) atoms. The molecule has 0 amide bonds. The summed E-state index contributed by atoms with van der Waals surface area (Å²) in [6.45, 7) is 11.5. The average Bonchev–Trinajstić information content (AvgIpc) is 2.46. The van der Waals surface area contributed by atoms with Gasteiger partial charge in [0.15, 0.2) is 0 Å². The van der Waals surface area contributed by atoms with E-state index in [2.05, 4.69) is 52.8 Å². The molecule has 0 aliphatic heterocycles. The molecule has 1 saturated carbocycles. The van der Waals surface area contributed by atoms with Gasteiger partial charge in [0.1, 0.15) is 0 Å². The molecule has 0 bridgehead atoms. The second-order valence-corrected chi connectivity index (χ2v) is 8.21. The Kier molecular flexibility index (Phi) is 5.41. The largest absolute Gasteiger partial charge is 0.117 e. The van der Waals surface area contributed by atoms with E-state index in [0.29, 0.717) is 11.8 Å². The van der Waals surface area contributed by atoms with Crippen LogP contribution in [-0.4, -0.2) is 0 Å². The zero-order valence-corrected chi connectivity index (χ0v) is 15.1. The van der Waals surface area contributed by atoms with Gasteiger partial charge in [-0.15, -0.1) is 11.6 Å². The highest BCUT2D eigenvalue weighted by Crippen LogP contribution is 2.50. The zero-order chi connectivity index (χ0) is 15.6. The highest BCUT2D eigenvalue weighted by atomic mass is 35.5. The van der Waals surface area contributed by atoms with E-state index in [4.69, 9.17) is 11.6 Å². The van der Waals surface area contributed by atoms with Crippen molar-refractivity contribution in [2.24, 2.45) is 5.41 Å². The number of halogens is 1. The molecule has 0 nitrogen and oxygen atoms in total.